The quantitative estimate of drug-likeness (QED) is 0.823. The molecular formula is C16H29N3O2. The van der Waals surface area contributed by atoms with Crippen LogP contribution in [0.25, 0.3) is 0 Å². The number of rotatable bonds is 4. The largest absolute Gasteiger partial charge is 0.352 e. The molecule has 2 unspecified atom stereocenters. The van der Waals surface area contributed by atoms with Gasteiger partial charge < -0.3 is 16.0 Å². The number of likely N-dealkylation sites (tertiary alicyclic amines) is 1. The topological polar surface area (TPSA) is 75.4 Å². The van der Waals surface area contributed by atoms with Crippen molar-refractivity contribution in [3.8, 4) is 0 Å². The average Bonchev–Trinajstić information content (AvgIpc) is 2.47. The third-order valence-electron chi connectivity index (χ3n) is 4.81. The molecule has 21 heavy (non-hydrogen) atoms. The molecule has 1 aliphatic carbocycles. The Hall–Kier alpha value is -1.10. The van der Waals surface area contributed by atoms with Gasteiger partial charge in [-0.15, -0.1) is 0 Å². The summed E-state index contributed by atoms with van der Waals surface area (Å²) in [6, 6.07) is 0.195. The van der Waals surface area contributed by atoms with Crippen LogP contribution in [-0.4, -0.2) is 42.4 Å². The molecule has 1 saturated carbocycles. The molecule has 5 heteroatoms. The zero-order chi connectivity index (χ0) is 15.1. The van der Waals surface area contributed by atoms with E-state index >= 15 is 0 Å². The van der Waals surface area contributed by atoms with E-state index in [4.69, 9.17) is 5.73 Å². The highest BCUT2D eigenvalue weighted by molar-refractivity contribution is 5.85. The van der Waals surface area contributed by atoms with E-state index < -0.39 is 0 Å². The maximum absolute atomic E-state index is 12.2. The van der Waals surface area contributed by atoms with Crippen molar-refractivity contribution < 1.29 is 9.59 Å². The minimum absolute atomic E-state index is 0.0192. The summed E-state index contributed by atoms with van der Waals surface area (Å²) in [5.74, 6) is 0.504. The average molecular weight is 295 g/mol. The lowest BCUT2D eigenvalue weighted by atomic mass is 9.84. The van der Waals surface area contributed by atoms with Gasteiger partial charge >= 0.3 is 0 Å². The smallest absolute Gasteiger partial charge is 0.239 e. The number of nitrogens with two attached hydrogens (primary N) is 1. The molecule has 0 bridgehead atoms. The van der Waals surface area contributed by atoms with Gasteiger partial charge in [0.05, 0.1) is 6.54 Å². The Morgan fingerprint density at radius 2 is 1.90 bits per heavy atom. The molecule has 5 nitrogen and oxygen atoms in total. The Morgan fingerprint density at radius 1 is 1.14 bits per heavy atom. The molecule has 2 rings (SSSR count). The van der Waals surface area contributed by atoms with E-state index in [2.05, 4.69) is 5.32 Å². The molecule has 2 atom stereocenters. The monoisotopic (exact) mass is 295 g/mol. The molecular weight excluding hydrogens is 266 g/mol. The van der Waals surface area contributed by atoms with Crippen molar-refractivity contribution in [2.45, 2.75) is 63.8 Å². The first-order valence-corrected chi connectivity index (χ1v) is 8.48. The van der Waals surface area contributed by atoms with Gasteiger partial charge in [0.1, 0.15) is 0 Å². The highest BCUT2D eigenvalue weighted by Gasteiger charge is 2.26. The molecule has 3 N–H and O–H groups in total. The molecule has 0 aromatic carbocycles. The Balaban J connectivity index is 1.83. The zero-order valence-corrected chi connectivity index (χ0v) is 13.0. The van der Waals surface area contributed by atoms with Crippen molar-refractivity contribution in [1.29, 1.82) is 0 Å². The molecule has 1 aliphatic heterocycles. The molecule has 0 spiro atoms. The molecule has 0 radical (unpaired) electrons. The summed E-state index contributed by atoms with van der Waals surface area (Å²) >= 11 is 0. The highest BCUT2D eigenvalue weighted by Crippen LogP contribution is 2.23. The van der Waals surface area contributed by atoms with Gasteiger partial charge in [0.25, 0.3) is 0 Å². The Kier molecular flexibility index (Phi) is 6.49. The van der Waals surface area contributed by atoms with Gasteiger partial charge in [0.15, 0.2) is 0 Å². The SMILES string of the molecule is NCC1CCCCC1NC(=O)CN1CCCCCCC1=O. The van der Waals surface area contributed by atoms with Crippen LogP contribution in [0.15, 0.2) is 0 Å². The van der Waals surface area contributed by atoms with Crippen LogP contribution in [0.2, 0.25) is 0 Å². The standard InChI is InChI=1S/C16H29N3O2/c17-11-13-7-4-5-8-14(13)18-15(20)12-19-10-6-2-1-3-9-16(19)21/h13-14H,1-12,17H2,(H,18,20). The fourth-order valence-electron chi connectivity index (χ4n) is 3.49. The van der Waals surface area contributed by atoms with Crippen molar-refractivity contribution >= 4 is 11.8 Å². The number of nitrogens with one attached hydrogen (secondary N) is 1. The van der Waals surface area contributed by atoms with Gasteiger partial charge in [-0.05, 0) is 38.1 Å². The summed E-state index contributed by atoms with van der Waals surface area (Å²) < 4.78 is 0. The van der Waals surface area contributed by atoms with Crippen LogP contribution in [-0.2, 0) is 9.59 Å². The number of carbonyl (C=O) groups excluding carboxylic acids is 2. The second-order valence-corrected chi connectivity index (χ2v) is 6.43. The van der Waals surface area contributed by atoms with Gasteiger partial charge in [-0.2, -0.15) is 0 Å². The summed E-state index contributed by atoms with van der Waals surface area (Å²) in [6.45, 7) is 1.57. The molecule has 1 heterocycles. The maximum atomic E-state index is 12.2. The van der Waals surface area contributed by atoms with Crippen LogP contribution in [0.1, 0.15) is 57.8 Å². The Labute approximate surface area is 127 Å². The van der Waals surface area contributed by atoms with Gasteiger partial charge in [0, 0.05) is 19.0 Å². The first-order valence-electron chi connectivity index (χ1n) is 8.48. The van der Waals surface area contributed by atoms with Crippen LogP contribution >= 0.6 is 0 Å². The highest BCUT2D eigenvalue weighted by atomic mass is 16.2. The fraction of sp³-hybridized carbons (Fsp3) is 0.875. The summed E-state index contributed by atoms with van der Waals surface area (Å²) in [5.41, 5.74) is 5.80. The van der Waals surface area contributed by atoms with E-state index in [1.165, 1.54) is 6.42 Å². The third-order valence-corrected chi connectivity index (χ3v) is 4.81. The summed E-state index contributed by atoms with van der Waals surface area (Å²) in [7, 11) is 0. The lowest BCUT2D eigenvalue weighted by Gasteiger charge is -2.32. The first-order chi connectivity index (χ1) is 10.2. The van der Waals surface area contributed by atoms with Gasteiger partial charge in [-0.25, -0.2) is 0 Å². The molecule has 0 aromatic rings. The van der Waals surface area contributed by atoms with Gasteiger partial charge in [0.2, 0.25) is 11.8 Å². The lowest BCUT2D eigenvalue weighted by Crippen LogP contribution is -2.49. The van der Waals surface area contributed by atoms with E-state index in [0.29, 0.717) is 18.9 Å². The van der Waals surface area contributed by atoms with Crippen LogP contribution in [0.5, 0.6) is 0 Å². The van der Waals surface area contributed by atoms with E-state index in [9.17, 15) is 9.59 Å². The maximum Gasteiger partial charge on any atom is 0.239 e. The summed E-state index contributed by atoms with van der Waals surface area (Å²) in [6.07, 6.45) is 9.31. The molecule has 0 aromatic heterocycles. The van der Waals surface area contributed by atoms with Gasteiger partial charge in [-0.3, -0.25) is 9.59 Å². The van der Waals surface area contributed by atoms with E-state index in [-0.39, 0.29) is 24.4 Å². The van der Waals surface area contributed by atoms with Crippen LogP contribution in [0, 0.1) is 5.92 Å². The third kappa shape index (κ3) is 4.99. The second-order valence-electron chi connectivity index (χ2n) is 6.43. The fourth-order valence-corrected chi connectivity index (χ4v) is 3.49. The lowest BCUT2D eigenvalue weighted by molar-refractivity contribution is -0.137. The van der Waals surface area contributed by atoms with Crippen molar-refractivity contribution in [3.05, 3.63) is 0 Å². The van der Waals surface area contributed by atoms with Crippen molar-refractivity contribution in [2.75, 3.05) is 19.6 Å². The van der Waals surface area contributed by atoms with E-state index in [1.54, 1.807) is 4.90 Å². The van der Waals surface area contributed by atoms with Crippen molar-refractivity contribution in [3.63, 3.8) is 0 Å². The number of carbonyl (C=O) groups is 2. The minimum Gasteiger partial charge on any atom is -0.352 e. The second kappa shape index (κ2) is 8.37. The normalized spacial score (nSPS) is 27.9. The van der Waals surface area contributed by atoms with E-state index in [0.717, 1.165) is 51.5 Å². The van der Waals surface area contributed by atoms with Crippen LogP contribution in [0.3, 0.4) is 0 Å². The predicted molar refractivity (Wildman–Crippen MR) is 82.6 cm³/mol. The van der Waals surface area contributed by atoms with Gasteiger partial charge in [-0.1, -0.05) is 25.7 Å². The molecule has 1 saturated heterocycles. The Morgan fingerprint density at radius 3 is 2.71 bits per heavy atom. The first kappa shape index (κ1) is 16.3. The zero-order valence-electron chi connectivity index (χ0n) is 13.0. The van der Waals surface area contributed by atoms with E-state index in [1.807, 2.05) is 0 Å². The molecule has 2 fully saturated rings. The summed E-state index contributed by atoms with van der Waals surface area (Å²) in [4.78, 5) is 26.0. The summed E-state index contributed by atoms with van der Waals surface area (Å²) in [5, 5.41) is 3.11. The van der Waals surface area contributed by atoms with Crippen molar-refractivity contribution in [2.24, 2.45) is 11.7 Å². The number of amides is 2. The molecule has 120 valence electrons. The Bertz CT molecular complexity index is 359. The van der Waals surface area contributed by atoms with Crippen molar-refractivity contribution in [1.82, 2.24) is 10.2 Å². The predicted octanol–water partition coefficient (Wildman–Crippen LogP) is 1.41. The number of nitrogens with zero attached hydrogens (tertiary/aromatic N) is 1. The molecule has 2 amide bonds. The van der Waals surface area contributed by atoms with Crippen LogP contribution in [0.4, 0.5) is 0 Å². The number of hydrogen-bond acceptors (Lipinski definition) is 3. The van der Waals surface area contributed by atoms with Crippen LogP contribution < -0.4 is 11.1 Å². The molecule has 2 aliphatic rings. The minimum atomic E-state index is -0.0192. The number of hydrogen-bond donors (Lipinski definition) is 2.